The summed E-state index contributed by atoms with van der Waals surface area (Å²) in [7, 11) is 0. The van der Waals surface area contributed by atoms with E-state index in [2.05, 4.69) is 13.8 Å². The molecule has 4 N–H and O–H groups in total. The molecule has 238 valence electrons. The molecule has 3 heteroatoms. The summed E-state index contributed by atoms with van der Waals surface area (Å²) in [5.74, 6) is 0.558. The molecule has 0 aliphatic rings. The molecule has 0 aromatic rings. The van der Waals surface area contributed by atoms with Gasteiger partial charge in [0.05, 0.1) is 5.76 Å². The van der Waals surface area contributed by atoms with Crippen LogP contribution in [0.2, 0.25) is 0 Å². The predicted molar refractivity (Wildman–Crippen MR) is 177 cm³/mol. The van der Waals surface area contributed by atoms with Crippen LogP contribution >= 0.6 is 0 Å². The van der Waals surface area contributed by atoms with Gasteiger partial charge in [-0.25, -0.2) is 0 Å². The molecule has 3 nitrogen and oxygen atoms in total. The third kappa shape index (κ3) is 44.7. The van der Waals surface area contributed by atoms with Crippen LogP contribution < -0.4 is 0 Å². The Kier molecular flexibility index (Phi) is 46.2. The van der Waals surface area contributed by atoms with E-state index in [-0.39, 0.29) is 5.48 Å². The number of hydrogen-bond donors (Lipinski definition) is 2. The Morgan fingerprint density at radius 1 is 0.410 bits per heavy atom. The summed E-state index contributed by atoms with van der Waals surface area (Å²) in [6.45, 7) is 6.84. The standard InChI is InChI=1S/C18H36O.C18H38O.H2O/c1-3-5-6-7-8-9-10-11-12-13-14-15-16-17-18(19)4-2;1-2-3-4-5-6-7-8-9-10-11-12-13-14-15-16-17-18-19;/h4,19H,3,5-17H2,1-2H3;19H,2-18H2,1H3;1H2. The number of allylic oxidation sites excluding steroid dienone is 2. The van der Waals surface area contributed by atoms with E-state index in [1.165, 1.54) is 173 Å². The normalized spacial score (nSPS) is 11.2. The SMILES string of the molecule is CC=C(O)CCCCCCCCCCCCCCC.CCCCCCCCCCCCCCCCCCO.O. The first-order valence-corrected chi connectivity index (χ1v) is 17.7. The van der Waals surface area contributed by atoms with Crippen LogP contribution in [-0.2, 0) is 0 Å². The van der Waals surface area contributed by atoms with Crippen molar-refractivity contribution in [3.8, 4) is 0 Å². The predicted octanol–water partition coefficient (Wildman–Crippen LogP) is 12.3. The largest absolute Gasteiger partial charge is 0.513 e. The smallest absolute Gasteiger partial charge is 0.0880 e. The van der Waals surface area contributed by atoms with Gasteiger partial charge in [0.25, 0.3) is 0 Å². The van der Waals surface area contributed by atoms with E-state index >= 15 is 0 Å². The molecule has 0 saturated heterocycles. The maximum Gasteiger partial charge on any atom is 0.0880 e. The molecule has 0 bridgehead atoms. The number of aliphatic hydroxyl groups excluding tert-OH is 2. The van der Waals surface area contributed by atoms with Crippen molar-refractivity contribution in [2.24, 2.45) is 0 Å². The molecule has 0 aromatic heterocycles. The van der Waals surface area contributed by atoms with Gasteiger partial charge >= 0.3 is 0 Å². The molecule has 0 unspecified atom stereocenters. The minimum absolute atomic E-state index is 0. The number of unbranched alkanes of at least 4 members (excludes halogenated alkanes) is 27. The van der Waals surface area contributed by atoms with Crippen molar-refractivity contribution < 1.29 is 15.7 Å². The van der Waals surface area contributed by atoms with E-state index in [0.29, 0.717) is 12.4 Å². The Bertz CT molecular complexity index is 406. The number of aliphatic hydroxyl groups is 2. The molecule has 0 saturated carbocycles. The van der Waals surface area contributed by atoms with Crippen LogP contribution in [-0.4, -0.2) is 22.3 Å². The summed E-state index contributed by atoms with van der Waals surface area (Å²) in [6, 6.07) is 0. The zero-order chi connectivity index (χ0) is 28.2. The lowest BCUT2D eigenvalue weighted by atomic mass is 10.0. The van der Waals surface area contributed by atoms with Crippen LogP contribution in [0, 0.1) is 0 Å². The third-order valence-electron chi connectivity index (χ3n) is 7.88. The fourth-order valence-electron chi connectivity index (χ4n) is 5.13. The highest BCUT2D eigenvalue weighted by atomic mass is 16.3. The third-order valence-corrected chi connectivity index (χ3v) is 7.88. The van der Waals surface area contributed by atoms with Crippen molar-refractivity contribution >= 4 is 0 Å². The van der Waals surface area contributed by atoms with Gasteiger partial charge in [-0.15, -0.1) is 0 Å². The van der Waals surface area contributed by atoms with Crippen LogP contribution in [0.5, 0.6) is 0 Å². The molecule has 0 atom stereocenters. The van der Waals surface area contributed by atoms with Crippen LogP contribution in [0.15, 0.2) is 11.8 Å². The van der Waals surface area contributed by atoms with Gasteiger partial charge in [0.2, 0.25) is 0 Å². The van der Waals surface area contributed by atoms with Crippen LogP contribution in [0.1, 0.15) is 213 Å². The molecular weight excluding hydrogens is 480 g/mol. The lowest BCUT2D eigenvalue weighted by Gasteiger charge is -2.03. The molecule has 0 aliphatic carbocycles. The second-order valence-corrected chi connectivity index (χ2v) is 11.8. The van der Waals surface area contributed by atoms with Crippen molar-refractivity contribution in [3.05, 3.63) is 11.8 Å². The lowest BCUT2D eigenvalue weighted by Crippen LogP contribution is -1.85. The van der Waals surface area contributed by atoms with Crippen molar-refractivity contribution in [1.29, 1.82) is 0 Å². The zero-order valence-corrected chi connectivity index (χ0v) is 27.4. The summed E-state index contributed by atoms with van der Waals surface area (Å²) < 4.78 is 0. The van der Waals surface area contributed by atoms with Crippen LogP contribution in [0.3, 0.4) is 0 Å². The van der Waals surface area contributed by atoms with E-state index in [9.17, 15) is 5.11 Å². The summed E-state index contributed by atoms with van der Waals surface area (Å²) in [5, 5.41) is 18.0. The Labute approximate surface area is 247 Å². The summed E-state index contributed by atoms with van der Waals surface area (Å²) in [6.07, 6.45) is 42.8. The molecule has 0 radical (unpaired) electrons. The quantitative estimate of drug-likeness (QED) is 0.0682. The number of rotatable bonds is 30. The molecule has 39 heavy (non-hydrogen) atoms. The maximum atomic E-state index is 9.30. The highest BCUT2D eigenvalue weighted by molar-refractivity contribution is 4.86. The average Bonchev–Trinajstić information content (AvgIpc) is 2.93. The summed E-state index contributed by atoms with van der Waals surface area (Å²) in [4.78, 5) is 0. The van der Waals surface area contributed by atoms with E-state index in [1.54, 1.807) is 6.08 Å². The molecule has 0 aromatic carbocycles. The second kappa shape index (κ2) is 41.9. The number of hydrogen-bond acceptors (Lipinski definition) is 2. The highest BCUT2D eigenvalue weighted by Gasteiger charge is 1.96. The first-order valence-electron chi connectivity index (χ1n) is 17.7. The topological polar surface area (TPSA) is 72.0 Å². The summed E-state index contributed by atoms with van der Waals surface area (Å²) >= 11 is 0. The first-order chi connectivity index (χ1) is 18.7. The van der Waals surface area contributed by atoms with Gasteiger partial charge in [-0.3, -0.25) is 0 Å². The van der Waals surface area contributed by atoms with E-state index < -0.39 is 0 Å². The van der Waals surface area contributed by atoms with Gasteiger partial charge in [0.1, 0.15) is 0 Å². The lowest BCUT2D eigenvalue weighted by molar-refractivity contribution is 0.282. The second-order valence-electron chi connectivity index (χ2n) is 11.8. The Morgan fingerprint density at radius 3 is 0.872 bits per heavy atom. The Morgan fingerprint density at radius 2 is 0.641 bits per heavy atom. The molecule has 0 amide bonds. The fourth-order valence-corrected chi connectivity index (χ4v) is 5.13. The maximum absolute atomic E-state index is 9.30. The van der Waals surface area contributed by atoms with Crippen LogP contribution in [0.4, 0.5) is 0 Å². The molecule has 0 aliphatic heterocycles. The van der Waals surface area contributed by atoms with Crippen molar-refractivity contribution in [2.75, 3.05) is 6.61 Å². The van der Waals surface area contributed by atoms with Gasteiger partial charge in [0.15, 0.2) is 0 Å². The van der Waals surface area contributed by atoms with Gasteiger partial charge in [0, 0.05) is 13.0 Å². The average molecular weight is 557 g/mol. The molecular formula is C36H76O3. The van der Waals surface area contributed by atoms with E-state index in [0.717, 1.165) is 19.3 Å². The molecule has 0 fully saturated rings. The fraction of sp³-hybridized carbons (Fsp3) is 0.944. The van der Waals surface area contributed by atoms with Gasteiger partial charge in [-0.05, 0) is 25.8 Å². The van der Waals surface area contributed by atoms with Gasteiger partial charge in [-0.2, -0.15) is 0 Å². The molecule has 0 heterocycles. The molecule has 0 rings (SSSR count). The van der Waals surface area contributed by atoms with Crippen molar-refractivity contribution in [3.63, 3.8) is 0 Å². The zero-order valence-electron chi connectivity index (χ0n) is 27.4. The van der Waals surface area contributed by atoms with Crippen LogP contribution in [0.25, 0.3) is 0 Å². The van der Waals surface area contributed by atoms with Crippen molar-refractivity contribution in [1.82, 2.24) is 0 Å². The van der Waals surface area contributed by atoms with E-state index in [1.807, 2.05) is 6.92 Å². The minimum atomic E-state index is 0. The first kappa shape index (κ1) is 42.9. The van der Waals surface area contributed by atoms with Crippen molar-refractivity contribution in [2.45, 2.75) is 213 Å². The Balaban J connectivity index is -0.000000648. The van der Waals surface area contributed by atoms with Gasteiger partial charge < -0.3 is 15.7 Å². The Hall–Kier alpha value is -0.540. The summed E-state index contributed by atoms with van der Waals surface area (Å²) in [5.41, 5.74) is 0. The van der Waals surface area contributed by atoms with E-state index in [4.69, 9.17) is 5.11 Å². The minimum Gasteiger partial charge on any atom is -0.513 e. The van der Waals surface area contributed by atoms with Gasteiger partial charge in [-0.1, -0.05) is 187 Å². The monoisotopic (exact) mass is 557 g/mol. The molecule has 0 spiro atoms. The highest BCUT2D eigenvalue weighted by Crippen LogP contribution is 2.15.